The van der Waals surface area contributed by atoms with E-state index in [-0.39, 0.29) is 0 Å². The number of nitrogens with zero attached hydrogens (tertiary/aromatic N) is 1. The third kappa shape index (κ3) is 4.33. The Morgan fingerprint density at radius 2 is 1.08 bits per heavy atom. The van der Waals surface area contributed by atoms with Crippen molar-refractivity contribution in [1.82, 2.24) is 0 Å². The molecule has 0 unspecified atom stereocenters. The predicted octanol–water partition coefficient (Wildman–Crippen LogP) is 10.9. The fourth-order valence-electron chi connectivity index (χ4n) is 5.30. The number of hydrogen-bond donors (Lipinski definition) is 1. The summed E-state index contributed by atoms with van der Waals surface area (Å²) in [5.41, 5.74) is 8.07. The van der Waals surface area contributed by atoms with Crippen LogP contribution in [0.4, 0.5) is 28.4 Å². The van der Waals surface area contributed by atoms with Crippen LogP contribution in [-0.2, 0) is 0 Å². The van der Waals surface area contributed by atoms with E-state index in [2.05, 4.69) is 162 Å². The largest absolute Gasteiger partial charge is 0.354 e. The van der Waals surface area contributed by atoms with E-state index in [1.54, 1.807) is 0 Å². The molecule has 0 radical (unpaired) electrons. The highest BCUT2D eigenvalue weighted by atomic mass is 32.1. The lowest BCUT2D eigenvalue weighted by atomic mass is 10.0. The molecule has 1 N–H and O–H groups in total. The van der Waals surface area contributed by atoms with Gasteiger partial charge >= 0.3 is 0 Å². The number of rotatable bonds is 6. The zero-order valence-corrected chi connectivity index (χ0v) is 22.1. The van der Waals surface area contributed by atoms with Crippen LogP contribution in [0.2, 0.25) is 0 Å². The van der Waals surface area contributed by atoms with Crippen LogP contribution < -0.4 is 10.2 Å². The third-order valence-corrected chi connectivity index (χ3v) is 8.25. The van der Waals surface area contributed by atoms with E-state index >= 15 is 0 Å². The molecule has 39 heavy (non-hydrogen) atoms. The third-order valence-electron chi connectivity index (χ3n) is 7.05. The van der Waals surface area contributed by atoms with Gasteiger partial charge in [-0.1, -0.05) is 103 Å². The monoisotopic (exact) mass is 518 g/mol. The topological polar surface area (TPSA) is 15.3 Å². The van der Waals surface area contributed by atoms with Crippen LogP contribution in [0.3, 0.4) is 0 Å². The molecule has 0 saturated heterocycles. The molecule has 0 saturated carbocycles. The summed E-state index contributed by atoms with van der Waals surface area (Å²) < 4.78 is 2.53. The van der Waals surface area contributed by atoms with Crippen molar-refractivity contribution in [2.75, 3.05) is 10.2 Å². The highest BCUT2D eigenvalue weighted by molar-refractivity contribution is 7.26. The van der Waals surface area contributed by atoms with Gasteiger partial charge in [0.05, 0.1) is 10.4 Å². The van der Waals surface area contributed by atoms with Gasteiger partial charge in [0.25, 0.3) is 0 Å². The van der Waals surface area contributed by atoms with Crippen molar-refractivity contribution in [2.24, 2.45) is 0 Å². The summed E-state index contributed by atoms with van der Waals surface area (Å²) in [7, 11) is 0. The van der Waals surface area contributed by atoms with Crippen LogP contribution in [-0.4, -0.2) is 0 Å². The summed E-state index contributed by atoms with van der Waals surface area (Å²) in [6.07, 6.45) is 0. The Morgan fingerprint density at radius 1 is 0.487 bits per heavy atom. The van der Waals surface area contributed by atoms with Crippen molar-refractivity contribution in [3.63, 3.8) is 0 Å². The molecule has 0 amide bonds. The first kappa shape index (κ1) is 23.3. The summed E-state index contributed by atoms with van der Waals surface area (Å²) in [4.78, 5) is 2.36. The minimum Gasteiger partial charge on any atom is -0.354 e. The van der Waals surface area contributed by atoms with Crippen molar-refractivity contribution in [3.8, 4) is 11.1 Å². The van der Waals surface area contributed by atoms with Gasteiger partial charge in [-0.2, -0.15) is 0 Å². The molecule has 0 fully saturated rings. The van der Waals surface area contributed by atoms with E-state index < -0.39 is 0 Å². The normalized spacial score (nSPS) is 11.1. The molecule has 7 aromatic rings. The molecule has 1 heterocycles. The predicted molar refractivity (Wildman–Crippen MR) is 169 cm³/mol. The molecule has 7 rings (SSSR count). The van der Waals surface area contributed by atoms with Crippen LogP contribution in [0.25, 0.3) is 31.3 Å². The van der Waals surface area contributed by atoms with Crippen LogP contribution in [0.5, 0.6) is 0 Å². The van der Waals surface area contributed by atoms with Gasteiger partial charge in [0.1, 0.15) is 0 Å². The van der Waals surface area contributed by atoms with E-state index in [9.17, 15) is 0 Å². The maximum absolute atomic E-state index is 3.80. The smallest absolute Gasteiger partial charge is 0.0640 e. The number of thiophene rings is 1. The zero-order valence-electron chi connectivity index (χ0n) is 21.3. The molecule has 0 atom stereocenters. The highest BCUT2D eigenvalue weighted by Gasteiger charge is 2.19. The van der Waals surface area contributed by atoms with E-state index in [1.807, 2.05) is 11.3 Å². The van der Waals surface area contributed by atoms with E-state index in [4.69, 9.17) is 0 Å². The second kappa shape index (κ2) is 10.1. The summed E-state index contributed by atoms with van der Waals surface area (Å²) in [5.74, 6) is 0. The summed E-state index contributed by atoms with van der Waals surface area (Å²) >= 11 is 1.85. The standard InChI is InChI=1S/C36H26N2S/c1-4-14-26(15-5-1)29-20-10-11-22-31(29)37-32-23-13-25-34-35(32)30-21-12-24-33(36(30)39-34)38(27-16-6-2-7-17-27)28-18-8-3-9-19-28/h1-25,37H. The van der Waals surface area contributed by atoms with Gasteiger partial charge < -0.3 is 10.2 Å². The molecule has 186 valence electrons. The maximum Gasteiger partial charge on any atom is 0.0640 e. The Labute approximate surface area is 232 Å². The SMILES string of the molecule is c1ccc(-c2ccccc2Nc2cccc3sc4c(N(c5ccccc5)c5ccccc5)cccc4c23)cc1. The molecule has 1 aromatic heterocycles. The van der Waals surface area contributed by atoms with Crippen LogP contribution in [0, 0.1) is 0 Å². The average molecular weight is 519 g/mol. The molecule has 0 aliphatic carbocycles. The van der Waals surface area contributed by atoms with E-state index in [1.165, 1.54) is 37.0 Å². The molecule has 6 aromatic carbocycles. The molecule has 0 spiro atoms. The van der Waals surface area contributed by atoms with Crippen LogP contribution in [0.1, 0.15) is 0 Å². The molecule has 0 aliphatic heterocycles. The Balaban J connectivity index is 1.40. The van der Waals surface area contributed by atoms with Crippen LogP contribution >= 0.6 is 11.3 Å². The highest BCUT2D eigenvalue weighted by Crippen LogP contribution is 2.47. The van der Waals surface area contributed by atoms with Gasteiger partial charge in [0.2, 0.25) is 0 Å². The van der Waals surface area contributed by atoms with Gasteiger partial charge in [-0.25, -0.2) is 0 Å². The molecular formula is C36H26N2S. The lowest BCUT2D eigenvalue weighted by Gasteiger charge is -2.26. The summed E-state index contributed by atoms with van der Waals surface area (Å²) in [6.45, 7) is 0. The minimum absolute atomic E-state index is 1.10. The fraction of sp³-hybridized carbons (Fsp3) is 0. The number of para-hydroxylation sites is 3. The second-order valence-corrected chi connectivity index (χ2v) is 10.5. The zero-order chi connectivity index (χ0) is 26.0. The second-order valence-electron chi connectivity index (χ2n) is 9.48. The van der Waals surface area contributed by atoms with Gasteiger partial charge in [-0.15, -0.1) is 11.3 Å². The summed E-state index contributed by atoms with van der Waals surface area (Å²) in [6, 6.07) is 53.5. The number of anilines is 5. The van der Waals surface area contributed by atoms with Gasteiger partial charge in [-0.3, -0.25) is 0 Å². The lowest BCUT2D eigenvalue weighted by Crippen LogP contribution is -2.09. The first-order valence-electron chi connectivity index (χ1n) is 13.1. The van der Waals surface area contributed by atoms with Crippen LogP contribution in [0.15, 0.2) is 152 Å². The Hall–Kier alpha value is -4.86. The van der Waals surface area contributed by atoms with Gasteiger partial charge in [0, 0.05) is 43.8 Å². The quantitative estimate of drug-likeness (QED) is 0.235. The molecule has 3 heteroatoms. The van der Waals surface area contributed by atoms with E-state index in [0.717, 1.165) is 22.7 Å². The Bertz CT molecular complexity index is 1840. The fourth-order valence-corrected chi connectivity index (χ4v) is 6.53. The first-order valence-corrected chi connectivity index (χ1v) is 13.9. The van der Waals surface area contributed by atoms with Gasteiger partial charge in [-0.05, 0) is 54.1 Å². The summed E-state index contributed by atoms with van der Waals surface area (Å²) in [5, 5.41) is 6.30. The van der Waals surface area contributed by atoms with Crippen molar-refractivity contribution >= 4 is 59.9 Å². The lowest BCUT2D eigenvalue weighted by molar-refractivity contribution is 1.30. The Kier molecular flexibility index (Phi) is 6.04. The van der Waals surface area contributed by atoms with Gasteiger partial charge in [0.15, 0.2) is 0 Å². The van der Waals surface area contributed by atoms with Crippen molar-refractivity contribution < 1.29 is 0 Å². The average Bonchev–Trinajstić information content (AvgIpc) is 3.40. The number of hydrogen-bond acceptors (Lipinski definition) is 3. The Morgan fingerprint density at radius 3 is 1.79 bits per heavy atom. The minimum atomic E-state index is 1.10. The number of benzene rings is 6. The number of nitrogens with one attached hydrogen (secondary N) is 1. The molecule has 0 aliphatic rings. The first-order chi connectivity index (χ1) is 19.4. The molecular weight excluding hydrogens is 492 g/mol. The maximum atomic E-state index is 3.80. The number of fused-ring (bicyclic) bond motifs is 3. The molecule has 2 nitrogen and oxygen atoms in total. The molecule has 0 bridgehead atoms. The van der Waals surface area contributed by atoms with Crippen molar-refractivity contribution in [3.05, 3.63) is 152 Å². The van der Waals surface area contributed by atoms with E-state index in [0.29, 0.717) is 0 Å². The van der Waals surface area contributed by atoms with Crippen molar-refractivity contribution in [2.45, 2.75) is 0 Å². The van der Waals surface area contributed by atoms with Crippen molar-refractivity contribution in [1.29, 1.82) is 0 Å².